The number of cyclic esters (lactones) is 1. The lowest BCUT2D eigenvalue weighted by Crippen LogP contribution is -2.26. The van der Waals surface area contributed by atoms with Crippen LogP contribution < -0.4 is 0 Å². The zero-order chi connectivity index (χ0) is 15.6. The number of carbonyl (C=O) groups excluding carboxylic acids is 1. The van der Waals surface area contributed by atoms with Crippen molar-refractivity contribution in [2.24, 2.45) is 0 Å². The Morgan fingerprint density at radius 1 is 0.909 bits per heavy atom. The van der Waals surface area contributed by atoms with Crippen molar-refractivity contribution in [3.63, 3.8) is 0 Å². The van der Waals surface area contributed by atoms with E-state index in [0.29, 0.717) is 5.56 Å². The molecular weight excluding hydrogens is 300 g/mol. The molecule has 0 bridgehead atoms. The summed E-state index contributed by atoms with van der Waals surface area (Å²) in [6.45, 7) is 0. The van der Waals surface area contributed by atoms with E-state index in [4.69, 9.17) is 4.74 Å². The van der Waals surface area contributed by atoms with E-state index in [1.165, 1.54) is 12.2 Å². The minimum atomic E-state index is -3.69. The average Bonchev–Trinajstić information content (AvgIpc) is 2.95. The van der Waals surface area contributed by atoms with Crippen LogP contribution in [0.5, 0.6) is 0 Å². The highest BCUT2D eigenvalue weighted by Gasteiger charge is 2.38. The van der Waals surface area contributed by atoms with E-state index >= 15 is 0 Å². The zero-order valence-corrected chi connectivity index (χ0v) is 12.4. The molecule has 0 saturated heterocycles. The van der Waals surface area contributed by atoms with E-state index in [0.717, 1.165) is 0 Å². The first-order chi connectivity index (χ1) is 10.6. The van der Waals surface area contributed by atoms with Gasteiger partial charge in [0.05, 0.1) is 4.90 Å². The minimum Gasteiger partial charge on any atom is -0.453 e. The number of rotatable bonds is 4. The van der Waals surface area contributed by atoms with E-state index in [1.807, 2.05) is 6.07 Å². The van der Waals surface area contributed by atoms with E-state index in [-0.39, 0.29) is 4.90 Å². The van der Waals surface area contributed by atoms with Crippen molar-refractivity contribution in [1.82, 2.24) is 0 Å². The zero-order valence-electron chi connectivity index (χ0n) is 11.6. The van der Waals surface area contributed by atoms with Gasteiger partial charge in [-0.15, -0.1) is 0 Å². The van der Waals surface area contributed by atoms with Gasteiger partial charge in [-0.25, -0.2) is 13.2 Å². The molecule has 0 saturated carbocycles. The SMILES string of the molecule is O=C1C=CC(C(c2ccccc2)S(=O)(=O)c2ccccc2)O1. The Morgan fingerprint density at radius 2 is 1.50 bits per heavy atom. The highest BCUT2D eigenvalue weighted by molar-refractivity contribution is 7.91. The van der Waals surface area contributed by atoms with Gasteiger partial charge in [0, 0.05) is 6.08 Å². The lowest BCUT2D eigenvalue weighted by Gasteiger charge is -2.22. The maximum absolute atomic E-state index is 13.0. The fraction of sp³-hybridized carbons (Fsp3) is 0.118. The largest absolute Gasteiger partial charge is 0.453 e. The average molecular weight is 314 g/mol. The molecular formula is C17H14O4S. The topological polar surface area (TPSA) is 60.4 Å². The summed E-state index contributed by atoms with van der Waals surface area (Å²) in [5, 5.41) is -0.959. The molecule has 5 heteroatoms. The molecule has 0 fully saturated rings. The smallest absolute Gasteiger partial charge is 0.331 e. The van der Waals surface area contributed by atoms with Crippen molar-refractivity contribution < 1.29 is 17.9 Å². The Hall–Kier alpha value is -2.40. The summed E-state index contributed by atoms with van der Waals surface area (Å²) < 4.78 is 31.2. The van der Waals surface area contributed by atoms with Gasteiger partial charge < -0.3 is 4.74 Å². The maximum Gasteiger partial charge on any atom is 0.331 e. The van der Waals surface area contributed by atoms with Crippen LogP contribution in [0.25, 0.3) is 0 Å². The number of hydrogen-bond acceptors (Lipinski definition) is 4. The Balaban J connectivity index is 2.10. The molecule has 0 aliphatic carbocycles. The number of esters is 1. The lowest BCUT2D eigenvalue weighted by molar-refractivity contribution is -0.138. The molecule has 2 atom stereocenters. The summed E-state index contributed by atoms with van der Waals surface area (Å²) in [6, 6.07) is 17.0. The van der Waals surface area contributed by atoms with Crippen molar-refractivity contribution in [2.75, 3.05) is 0 Å². The van der Waals surface area contributed by atoms with E-state index in [2.05, 4.69) is 0 Å². The fourth-order valence-electron chi connectivity index (χ4n) is 2.49. The van der Waals surface area contributed by atoms with Crippen LogP contribution in [0.15, 0.2) is 77.7 Å². The van der Waals surface area contributed by atoms with Crippen LogP contribution >= 0.6 is 0 Å². The monoisotopic (exact) mass is 314 g/mol. The number of ether oxygens (including phenoxy) is 1. The van der Waals surface area contributed by atoms with E-state index in [1.54, 1.807) is 54.6 Å². The van der Waals surface area contributed by atoms with Crippen LogP contribution in [-0.2, 0) is 19.4 Å². The Bertz CT molecular complexity index is 795. The molecule has 112 valence electrons. The molecule has 1 aliphatic heterocycles. The molecule has 3 rings (SSSR count). The van der Waals surface area contributed by atoms with Crippen molar-refractivity contribution >= 4 is 15.8 Å². The fourth-order valence-corrected chi connectivity index (χ4v) is 4.34. The molecule has 2 unspecified atom stereocenters. The number of benzene rings is 2. The third-order valence-corrected chi connectivity index (χ3v) is 5.65. The lowest BCUT2D eigenvalue weighted by atomic mass is 10.1. The second-order valence-corrected chi connectivity index (χ2v) is 7.02. The van der Waals surface area contributed by atoms with Gasteiger partial charge in [0.15, 0.2) is 9.84 Å². The van der Waals surface area contributed by atoms with Crippen LogP contribution in [0.3, 0.4) is 0 Å². The summed E-state index contributed by atoms with van der Waals surface area (Å²) in [6.07, 6.45) is 1.95. The summed E-state index contributed by atoms with van der Waals surface area (Å²) in [5.74, 6) is -0.519. The van der Waals surface area contributed by atoms with Gasteiger partial charge in [-0.3, -0.25) is 0 Å². The second-order valence-electron chi connectivity index (χ2n) is 4.95. The predicted octanol–water partition coefficient (Wildman–Crippen LogP) is 2.68. The molecule has 1 aliphatic rings. The highest BCUT2D eigenvalue weighted by atomic mass is 32.2. The van der Waals surface area contributed by atoms with Crippen molar-refractivity contribution in [1.29, 1.82) is 0 Å². The Kier molecular flexibility index (Phi) is 3.81. The molecule has 22 heavy (non-hydrogen) atoms. The number of sulfone groups is 1. The molecule has 0 spiro atoms. The van der Waals surface area contributed by atoms with Gasteiger partial charge in [-0.05, 0) is 23.8 Å². The number of carbonyl (C=O) groups is 1. The third-order valence-electron chi connectivity index (χ3n) is 3.51. The van der Waals surface area contributed by atoms with Crippen molar-refractivity contribution in [3.05, 3.63) is 78.4 Å². The van der Waals surface area contributed by atoms with Gasteiger partial charge in [-0.2, -0.15) is 0 Å². The van der Waals surface area contributed by atoms with Crippen molar-refractivity contribution in [3.8, 4) is 0 Å². The summed E-state index contributed by atoms with van der Waals surface area (Å²) in [5.41, 5.74) is 0.593. The van der Waals surface area contributed by atoms with Crippen LogP contribution in [0, 0.1) is 0 Å². The summed E-state index contributed by atoms with van der Waals surface area (Å²) >= 11 is 0. The Labute approximate surface area is 129 Å². The van der Waals surface area contributed by atoms with Gasteiger partial charge in [-0.1, -0.05) is 48.5 Å². The Morgan fingerprint density at radius 3 is 2.05 bits per heavy atom. The summed E-state index contributed by atoms with van der Waals surface area (Å²) in [4.78, 5) is 11.6. The maximum atomic E-state index is 13.0. The quantitative estimate of drug-likeness (QED) is 0.814. The normalized spacial score (nSPS) is 18.9. The van der Waals surface area contributed by atoms with E-state index < -0.39 is 27.2 Å². The first-order valence-electron chi connectivity index (χ1n) is 6.82. The molecule has 0 N–H and O–H groups in total. The van der Waals surface area contributed by atoms with Gasteiger partial charge in [0.1, 0.15) is 11.4 Å². The second kappa shape index (κ2) is 5.77. The van der Waals surface area contributed by atoms with Gasteiger partial charge >= 0.3 is 5.97 Å². The molecule has 1 heterocycles. The first-order valence-corrected chi connectivity index (χ1v) is 8.36. The van der Waals surface area contributed by atoms with Crippen molar-refractivity contribution in [2.45, 2.75) is 16.2 Å². The number of hydrogen-bond donors (Lipinski definition) is 0. The highest BCUT2D eigenvalue weighted by Crippen LogP contribution is 2.35. The summed E-state index contributed by atoms with van der Waals surface area (Å²) in [7, 11) is -3.69. The molecule has 2 aromatic carbocycles. The van der Waals surface area contributed by atoms with Gasteiger partial charge in [0.2, 0.25) is 0 Å². The molecule has 0 amide bonds. The molecule has 2 aromatic rings. The molecule has 4 nitrogen and oxygen atoms in total. The first kappa shape index (κ1) is 14.5. The van der Waals surface area contributed by atoms with Crippen LogP contribution in [-0.4, -0.2) is 20.5 Å². The van der Waals surface area contributed by atoms with E-state index in [9.17, 15) is 13.2 Å². The predicted molar refractivity (Wildman–Crippen MR) is 81.8 cm³/mol. The van der Waals surface area contributed by atoms with Crippen LogP contribution in [0.2, 0.25) is 0 Å². The van der Waals surface area contributed by atoms with Crippen LogP contribution in [0.1, 0.15) is 10.8 Å². The molecule has 0 radical (unpaired) electrons. The minimum absolute atomic E-state index is 0.209. The van der Waals surface area contributed by atoms with Gasteiger partial charge in [0.25, 0.3) is 0 Å². The molecule has 0 aromatic heterocycles. The third kappa shape index (κ3) is 2.67. The van der Waals surface area contributed by atoms with Crippen LogP contribution in [0.4, 0.5) is 0 Å². The standard InChI is InChI=1S/C17H14O4S/c18-16-12-11-15(21-16)17(13-7-3-1-4-8-13)22(19,20)14-9-5-2-6-10-14/h1-12,15,17H.